The Morgan fingerprint density at radius 3 is 2.61 bits per heavy atom. The second-order valence-electron chi connectivity index (χ2n) is 5.37. The molecule has 1 aliphatic heterocycles. The second kappa shape index (κ2) is 3.58. The van der Waals surface area contributed by atoms with E-state index in [0.717, 1.165) is 11.4 Å². The predicted octanol–water partition coefficient (Wildman–Crippen LogP) is 4.23. The zero-order chi connectivity index (χ0) is 12.9. The van der Waals surface area contributed by atoms with Crippen molar-refractivity contribution in [2.45, 2.75) is 26.2 Å². The summed E-state index contributed by atoms with van der Waals surface area (Å²) in [7, 11) is 1.70. The van der Waals surface area contributed by atoms with Crippen LogP contribution in [0.4, 0.5) is 5.69 Å². The van der Waals surface area contributed by atoms with E-state index in [-0.39, 0.29) is 5.41 Å². The largest absolute Gasteiger partial charge is 0.497 e. The molecule has 0 amide bonds. The molecule has 2 heteroatoms. The van der Waals surface area contributed by atoms with Crippen LogP contribution >= 0.6 is 0 Å². The third-order valence-corrected chi connectivity index (χ3v) is 4.02. The van der Waals surface area contributed by atoms with Gasteiger partial charge in [0.25, 0.3) is 0 Å². The molecular weight excluding hydrogens is 222 g/mol. The Kier molecular flexibility index (Phi) is 2.24. The topological polar surface area (TPSA) is 21.6 Å². The maximum Gasteiger partial charge on any atom is 0.119 e. The van der Waals surface area contributed by atoms with Crippen LogP contribution in [-0.2, 0) is 5.41 Å². The van der Waals surface area contributed by atoms with Gasteiger partial charge in [0.05, 0.1) is 12.8 Å². The minimum atomic E-state index is 0.0173. The molecule has 0 unspecified atom stereocenters. The molecule has 0 bridgehead atoms. The number of ether oxygens (including phenoxy) is 1. The van der Waals surface area contributed by atoms with Crippen molar-refractivity contribution in [1.82, 2.24) is 0 Å². The molecule has 0 N–H and O–H groups in total. The maximum atomic E-state index is 5.29. The Bertz CT molecular complexity index is 668. The molecule has 2 aromatic carbocycles. The molecule has 0 aromatic heterocycles. The number of rotatable bonds is 1. The third-order valence-electron chi connectivity index (χ3n) is 4.02. The number of hydrogen-bond donors (Lipinski definition) is 0. The van der Waals surface area contributed by atoms with Crippen molar-refractivity contribution in [3.8, 4) is 5.75 Å². The Hall–Kier alpha value is -1.83. The van der Waals surface area contributed by atoms with E-state index < -0.39 is 0 Å². The Morgan fingerprint density at radius 1 is 1.11 bits per heavy atom. The van der Waals surface area contributed by atoms with Crippen molar-refractivity contribution in [3.05, 3.63) is 35.9 Å². The van der Waals surface area contributed by atoms with E-state index in [1.807, 2.05) is 6.07 Å². The van der Waals surface area contributed by atoms with Gasteiger partial charge in [0, 0.05) is 11.1 Å². The zero-order valence-corrected chi connectivity index (χ0v) is 11.2. The quantitative estimate of drug-likeness (QED) is 0.729. The monoisotopic (exact) mass is 239 g/mol. The van der Waals surface area contributed by atoms with E-state index in [1.165, 1.54) is 22.0 Å². The van der Waals surface area contributed by atoms with Crippen LogP contribution in [0, 0.1) is 0 Å². The highest BCUT2D eigenvalue weighted by Crippen LogP contribution is 2.44. The maximum absolute atomic E-state index is 5.29. The number of nitrogens with zero attached hydrogens (tertiary/aromatic N) is 1. The van der Waals surface area contributed by atoms with Gasteiger partial charge in [-0.15, -0.1) is 0 Å². The number of benzene rings is 2. The lowest BCUT2D eigenvalue weighted by atomic mass is 9.80. The number of hydrogen-bond acceptors (Lipinski definition) is 2. The molecule has 18 heavy (non-hydrogen) atoms. The number of fused-ring (bicyclic) bond motifs is 3. The predicted molar refractivity (Wildman–Crippen MR) is 76.3 cm³/mol. The van der Waals surface area contributed by atoms with Gasteiger partial charge in [-0.05, 0) is 41.5 Å². The fourth-order valence-corrected chi connectivity index (χ4v) is 2.67. The van der Waals surface area contributed by atoms with Gasteiger partial charge < -0.3 is 4.74 Å². The highest BCUT2D eigenvalue weighted by molar-refractivity contribution is 6.06. The van der Waals surface area contributed by atoms with E-state index in [1.54, 1.807) is 7.11 Å². The van der Waals surface area contributed by atoms with Crippen LogP contribution in [0.25, 0.3) is 10.8 Å². The van der Waals surface area contributed by atoms with Crippen molar-refractivity contribution in [3.63, 3.8) is 0 Å². The molecule has 0 saturated heterocycles. The van der Waals surface area contributed by atoms with Gasteiger partial charge in [-0.2, -0.15) is 0 Å². The Morgan fingerprint density at radius 2 is 1.89 bits per heavy atom. The number of methoxy groups -OCH3 is 1. The van der Waals surface area contributed by atoms with Crippen molar-refractivity contribution < 1.29 is 4.74 Å². The van der Waals surface area contributed by atoms with Gasteiger partial charge in [-0.3, -0.25) is 4.99 Å². The van der Waals surface area contributed by atoms with Crippen LogP contribution in [0.5, 0.6) is 5.75 Å². The molecule has 1 heterocycles. The van der Waals surface area contributed by atoms with E-state index in [9.17, 15) is 0 Å². The van der Waals surface area contributed by atoms with Crippen LogP contribution < -0.4 is 4.74 Å². The normalized spacial score (nSPS) is 16.6. The first-order chi connectivity index (χ1) is 8.54. The summed E-state index contributed by atoms with van der Waals surface area (Å²) in [5.74, 6) is 0.899. The summed E-state index contributed by atoms with van der Waals surface area (Å²) >= 11 is 0. The highest BCUT2D eigenvalue weighted by atomic mass is 16.5. The molecule has 1 aliphatic rings. The van der Waals surface area contributed by atoms with Gasteiger partial charge in [-0.1, -0.05) is 26.0 Å². The second-order valence-corrected chi connectivity index (χ2v) is 5.37. The van der Waals surface area contributed by atoms with Gasteiger partial charge in [0.2, 0.25) is 0 Å². The van der Waals surface area contributed by atoms with Crippen molar-refractivity contribution in [1.29, 1.82) is 0 Å². The average molecular weight is 239 g/mol. The lowest BCUT2D eigenvalue weighted by molar-refractivity contribution is 0.415. The van der Waals surface area contributed by atoms with Crippen molar-refractivity contribution in [2.75, 3.05) is 7.11 Å². The van der Waals surface area contributed by atoms with Crippen LogP contribution in [0.2, 0.25) is 0 Å². The summed E-state index contributed by atoms with van der Waals surface area (Å²) in [4.78, 5) is 4.68. The first-order valence-electron chi connectivity index (χ1n) is 6.21. The van der Waals surface area contributed by atoms with Crippen LogP contribution in [-0.4, -0.2) is 12.8 Å². The zero-order valence-electron chi connectivity index (χ0n) is 11.2. The van der Waals surface area contributed by atoms with E-state index in [0.29, 0.717) is 0 Å². The van der Waals surface area contributed by atoms with Crippen LogP contribution in [0.3, 0.4) is 0 Å². The van der Waals surface area contributed by atoms with E-state index in [2.05, 4.69) is 50.0 Å². The van der Waals surface area contributed by atoms with Gasteiger partial charge in [-0.25, -0.2) is 0 Å². The van der Waals surface area contributed by atoms with Crippen LogP contribution in [0.15, 0.2) is 35.3 Å². The fraction of sp³-hybridized carbons (Fsp3) is 0.312. The summed E-state index contributed by atoms with van der Waals surface area (Å²) in [6.07, 6.45) is 0. The lowest BCUT2D eigenvalue weighted by Gasteiger charge is -2.22. The third kappa shape index (κ3) is 1.38. The molecule has 0 radical (unpaired) electrons. The Balaban J connectivity index is 2.34. The highest BCUT2D eigenvalue weighted by Gasteiger charge is 2.33. The molecule has 0 spiro atoms. The Labute approximate surface area is 107 Å². The van der Waals surface area contributed by atoms with Gasteiger partial charge in [0.1, 0.15) is 5.75 Å². The molecule has 0 saturated carbocycles. The molecular formula is C16H17NO. The summed E-state index contributed by atoms with van der Waals surface area (Å²) in [5, 5.41) is 2.49. The van der Waals surface area contributed by atoms with Gasteiger partial charge in [0.15, 0.2) is 0 Å². The smallest absolute Gasteiger partial charge is 0.119 e. The average Bonchev–Trinajstić information content (AvgIpc) is 2.59. The van der Waals surface area contributed by atoms with Gasteiger partial charge >= 0.3 is 0 Å². The first kappa shape index (κ1) is 11.3. The molecule has 2 nitrogen and oxygen atoms in total. The minimum Gasteiger partial charge on any atom is -0.497 e. The van der Waals surface area contributed by atoms with E-state index >= 15 is 0 Å². The number of aliphatic imine (C=N–C) groups is 1. The summed E-state index contributed by atoms with van der Waals surface area (Å²) < 4.78 is 5.29. The summed E-state index contributed by atoms with van der Waals surface area (Å²) in [5.41, 5.74) is 3.64. The van der Waals surface area contributed by atoms with Crippen molar-refractivity contribution in [2.24, 2.45) is 4.99 Å². The van der Waals surface area contributed by atoms with Crippen molar-refractivity contribution >= 4 is 22.2 Å². The molecule has 3 rings (SSSR count). The summed E-state index contributed by atoms with van der Waals surface area (Å²) in [6.45, 7) is 6.58. The standard InChI is InChI=1S/C16H17NO/c1-10-16(2,3)15-13-7-6-12(18-4)9-11(13)5-8-14(15)17-10/h5-9H,1-4H3. The molecule has 92 valence electrons. The van der Waals surface area contributed by atoms with E-state index in [4.69, 9.17) is 4.74 Å². The fourth-order valence-electron chi connectivity index (χ4n) is 2.67. The molecule has 2 aromatic rings. The SMILES string of the molecule is COc1ccc2c3c(ccc2c1)N=C(C)C3(C)C. The molecule has 0 atom stereocenters. The molecule has 0 fully saturated rings. The van der Waals surface area contributed by atoms with Crippen LogP contribution in [0.1, 0.15) is 26.3 Å². The summed E-state index contributed by atoms with van der Waals surface area (Å²) in [6, 6.07) is 10.5. The minimum absolute atomic E-state index is 0.0173. The lowest BCUT2D eigenvalue weighted by Crippen LogP contribution is -2.22. The first-order valence-corrected chi connectivity index (χ1v) is 6.21. The molecule has 0 aliphatic carbocycles.